The third-order valence-electron chi connectivity index (χ3n) is 5.48. The lowest BCUT2D eigenvalue weighted by Crippen LogP contribution is -2.42. The highest BCUT2D eigenvalue weighted by atomic mass is 16.3. The van der Waals surface area contributed by atoms with Gasteiger partial charge in [-0.2, -0.15) is 0 Å². The maximum Gasteiger partial charge on any atom is 0.0802 e. The van der Waals surface area contributed by atoms with Crippen LogP contribution >= 0.6 is 0 Å². The lowest BCUT2D eigenvalue weighted by molar-refractivity contribution is -0.0286. The van der Waals surface area contributed by atoms with Gasteiger partial charge in [0.05, 0.1) is 17.2 Å². The summed E-state index contributed by atoms with van der Waals surface area (Å²) in [4.78, 5) is 4.57. The summed E-state index contributed by atoms with van der Waals surface area (Å²) in [5.41, 5.74) is 1.56. The fourth-order valence-corrected chi connectivity index (χ4v) is 4.60. The van der Waals surface area contributed by atoms with Crippen molar-refractivity contribution in [2.45, 2.75) is 37.2 Å². The first-order valence-corrected chi connectivity index (χ1v) is 7.95. The third-order valence-corrected chi connectivity index (χ3v) is 5.48. The number of fused-ring (bicyclic) bond motifs is 2. The Bertz CT molecular complexity index is 572. The molecule has 2 fully saturated rings. The van der Waals surface area contributed by atoms with Gasteiger partial charge in [0.15, 0.2) is 0 Å². The van der Waals surface area contributed by atoms with Crippen molar-refractivity contribution in [1.82, 2.24) is 4.98 Å². The Morgan fingerprint density at radius 1 is 1.05 bits per heavy atom. The quantitative estimate of drug-likeness (QED) is 0.928. The molecule has 0 unspecified atom stereocenters. The SMILES string of the molecule is O[C@]1([C@H](c2ccccc2)c2ccccn2)C[C@H]2CC[C@H]1C2. The largest absolute Gasteiger partial charge is 0.389 e. The van der Waals surface area contributed by atoms with Crippen LogP contribution in [-0.2, 0) is 0 Å². The van der Waals surface area contributed by atoms with Gasteiger partial charge < -0.3 is 5.11 Å². The molecule has 1 aromatic carbocycles. The van der Waals surface area contributed by atoms with Crippen molar-refractivity contribution >= 4 is 0 Å². The number of rotatable bonds is 3. The number of hydrogen-bond acceptors (Lipinski definition) is 2. The molecule has 0 aliphatic heterocycles. The fraction of sp³-hybridized carbons (Fsp3) is 0.421. The van der Waals surface area contributed by atoms with Gasteiger partial charge in [-0.25, -0.2) is 0 Å². The molecule has 21 heavy (non-hydrogen) atoms. The average Bonchev–Trinajstić information content (AvgIpc) is 3.10. The van der Waals surface area contributed by atoms with Gasteiger partial charge in [-0.15, -0.1) is 0 Å². The van der Waals surface area contributed by atoms with Crippen molar-refractivity contribution in [3.8, 4) is 0 Å². The zero-order valence-electron chi connectivity index (χ0n) is 12.2. The zero-order chi connectivity index (χ0) is 14.3. The molecule has 2 heteroatoms. The molecule has 1 heterocycles. The Labute approximate surface area is 125 Å². The van der Waals surface area contributed by atoms with Crippen LogP contribution in [0.1, 0.15) is 42.9 Å². The molecule has 2 aliphatic carbocycles. The lowest BCUT2D eigenvalue weighted by atomic mass is 9.70. The van der Waals surface area contributed by atoms with Crippen molar-refractivity contribution in [2.75, 3.05) is 0 Å². The van der Waals surface area contributed by atoms with E-state index in [1.165, 1.54) is 18.4 Å². The van der Waals surface area contributed by atoms with E-state index in [-0.39, 0.29) is 5.92 Å². The van der Waals surface area contributed by atoms with E-state index in [1.807, 2.05) is 24.4 Å². The standard InChI is InChI=1S/C19H21NO/c21-19(13-14-9-10-16(19)12-14)18(15-6-2-1-3-7-15)17-8-4-5-11-20-17/h1-8,11,14,16,18,21H,9-10,12-13H2/t14-,16-,18+,19+/m0/s1. The molecule has 108 valence electrons. The highest BCUT2D eigenvalue weighted by molar-refractivity contribution is 5.34. The van der Waals surface area contributed by atoms with Gasteiger partial charge >= 0.3 is 0 Å². The molecule has 2 bridgehead atoms. The monoisotopic (exact) mass is 279 g/mol. The molecule has 1 N–H and O–H groups in total. The van der Waals surface area contributed by atoms with Crippen LogP contribution in [0.15, 0.2) is 54.7 Å². The Kier molecular flexibility index (Phi) is 3.07. The summed E-state index contributed by atoms with van der Waals surface area (Å²) in [6.45, 7) is 0. The molecule has 2 aromatic rings. The van der Waals surface area contributed by atoms with Crippen molar-refractivity contribution in [3.05, 3.63) is 66.0 Å². The maximum atomic E-state index is 11.5. The van der Waals surface area contributed by atoms with Gasteiger partial charge in [-0.05, 0) is 55.2 Å². The summed E-state index contributed by atoms with van der Waals surface area (Å²) >= 11 is 0. The first kappa shape index (κ1) is 13.0. The third kappa shape index (κ3) is 2.09. The predicted octanol–water partition coefficient (Wildman–Crippen LogP) is 3.76. The molecule has 0 saturated heterocycles. The summed E-state index contributed by atoms with van der Waals surface area (Å²) < 4.78 is 0. The molecule has 0 spiro atoms. The van der Waals surface area contributed by atoms with E-state index >= 15 is 0 Å². The van der Waals surface area contributed by atoms with Crippen LogP contribution in [-0.4, -0.2) is 15.7 Å². The van der Waals surface area contributed by atoms with E-state index in [9.17, 15) is 5.11 Å². The van der Waals surface area contributed by atoms with Gasteiger partial charge in [0.25, 0.3) is 0 Å². The molecule has 0 radical (unpaired) electrons. The normalized spacial score (nSPS) is 32.2. The molecule has 1 aromatic heterocycles. The number of benzene rings is 1. The van der Waals surface area contributed by atoms with E-state index in [0.29, 0.717) is 11.8 Å². The maximum absolute atomic E-state index is 11.5. The number of aliphatic hydroxyl groups is 1. The summed E-state index contributed by atoms with van der Waals surface area (Å²) in [5.74, 6) is 1.12. The van der Waals surface area contributed by atoms with Crippen LogP contribution in [0, 0.1) is 11.8 Å². The van der Waals surface area contributed by atoms with Gasteiger partial charge in [-0.3, -0.25) is 4.98 Å². The minimum absolute atomic E-state index is 0.00444. The minimum Gasteiger partial charge on any atom is -0.389 e. The number of aromatic nitrogens is 1. The summed E-state index contributed by atoms with van der Waals surface area (Å²) in [5, 5.41) is 11.5. The van der Waals surface area contributed by atoms with Gasteiger partial charge in [0.2, 0.25) is 0 Å². The first-order valence-electron chi connectivity index (χ1n) is 7.95. The van der Waals surface area contributed by atoms with Crippen LogP contribution in [0.5, 0.6) is 0 Å². The van der Waals surface area contributed by atoms with Crippen molar-refractivity contribution in [1.29, 1.82) is 0 Å². The molecule has 4 rings (SSSR count). The molecular formula is C19H21NO. The number of pyridine rings is 1. The van der Waals surface area contributed by atoms with E-state index in [4.69, 9.17) is 0 Å². The van der Waals surface area contributed by atoms with Crippen LogP contribution < -0.4 is 0 Å². The van der Waals surface area contributed by atoms with Gasteiger partial charge in [0.1, 0.15) is 0 Å². The van der Waals surface area contributed by atoms with E-state index in [0.717, 1.165) is 18.5 Å². The summed E-state index contributed by atoms with van der Waals surface area (Å²) in [6.07, 6.45) is 6.40. The predicted molar refractivity (Wildman–Crippen MR) is 82.9 cm³/mol. The number of nitrogens with zero attached hydrogens (tertiary/aromatic N) is 1. The molecular weight excluding hydrogens is 258 g/mol. The molecule has 0 amide bonds. The van der Waals surface area contributed by atoms with Crippen molar-refractivity contribution < 1.29 is 5.11 Å². The Morgan fingerprint density at radius 2 is 1.86 bits per heavy atom. The Hall–Kier alpha value is -1.67. The molecule has 4 atom stereocenters. The van der Waals surface area contributed by atoms with E-state index < -0.39 is 5.60 Å². The Balaban J connectivity index is 1.81. The highest BCUT2D eigenvalue weighted by Crippen LogP contribution is 2.57. The minimum atomic E-state index is -0.626. The average molecular weight is 279 g/mol. The summed E-state index contributed by atoms with van der Waals surface area (Å²) in [7, 11) is 0. The molecule has 2 aliphatic rings. The second kappa shape index (κ2) is 4.96. The highest BCUT2D eigenvalue weighted by Gasteiger charge is 2.55. The van der Waals surface area contributed by atoms with E-state index in [1.54, 1.807) is 0 Å². The van der Waals surface area contributed by atoms with Gasteiger partial charge in [-0.1, -0.05) is 36.4 Å². The van der Waals surface area contributed by atoms with Gasteiger partial charge in [0, 0.05) is 6.20 Å². The Morgan fingerprint density at radius 3 is 2.48 bits per heavy atom. The molecule has 2 nitrogen and oxygen atoms in total. The van der Waals surface area contributed by atoms with Crippen LogP contribution in [0.4, 0.5) is 0 Å². The molecule has 2 saturated carbocycles. The smallest absolute Gasteiger partial charge is 0.0802 e. The fourth-order valence-electron chi connectivity index (χ4n) is 4.60. The number of hydrogen-bond donors (Lipinski definition) is 1. The van der Waals surface area contributed by atoms with Crippen LogP contribution in [0.25, 0.3) is 0 Å². The first-order chi connectivity index (χ1) is 10.3. The van der Waals surface area contributed by atoms with E-state index in [2.05, 4.69) is 35.3 Å². The zero-order valence-corrected chi connectivity index (χ0v) is 12.2. The topological polar surface area (TPSA) is 33.1 Å². The van der Waals surface area contributed by atoms with Crippen molar-refractivity contribution in [2.24, 2.45) is 11.8 Å². The van der Waals surface area contributed by atoms with Crippen molar-refractivity contribution in [3.63, 3.8) is 0 Å². The van der Waals surface area contributed by atoms with Crippen LogP contribution in [0.3, 0.4) is 0 Å². The summed E-state index contributed by atoms with van der Waals surface area (Å²) in [6, 6.07) is 16.4. The lowest BCUT2D eigenvalue weighted by Gasteiger charge is -2.39. The second-order valence-corrected chi connectivity index (χ2v) is 6.67. The van der Waals surface area contributed by atoms with Crippen LogP contribution in [0.2, 0.25) is 0 Å². The second-order valence-electron chi connectivity index (χ2n) is 6.67.